The van der Waals surface area contributed by atoms with E-state index in [0.717, 1.165) is 12.1 Å². The molecular formula is C19H29ClFN3O2. The third kappa shape index (κ3) is 5.40. The SMILES string of the molecule is CCC(C)Nc1ccc(F)c(N2CCC(NC(=O)OC(C)(C)C)C2)c1Cl. The summed E-state index contributed by atoms with van der Waals surface area (Å²) in [6.07, 6.45) is 1.19. The van der Waals surface area contributed by atoms with Gasteiger partial charge in [-0.05, 0) is 52.7 Å². The lowest BCUT2D eigenvalue weighted by Crippen LogP contribution is -2.40. The molecule has 2 atom stereocenters. The minimum absolute atomic E-state index is 0.105. The van der Waals surface area contributed by atoms with E-state index < -0.39 is 11.7 Å². The van der Waals surface area contributed by atoms with Crippen molar-refractivity contribution < 1.29 is 13.9 Å². The van der Waals surface area contributed by atoms with E-state index in [-0.39, 0.29) is 17.9 Å². The maximum Gasteiger partial charge on any atom is 0.407 e. The van der Waals surface area contributed by atoms with E-state index in [0.29, 0.717) is 30.2 Å². The molecule has 0 spiro atoms. The van der Waals surface area contributed by atoms with Crippen LogP contribution in [0, 0.1) is 5.82 Å². The number of ether oxygens (including phenoxy) is 1. The van der Waals surface area contributed by atoms with Crippen molar-refractivity contribution in [3.05, 3.63) is 23.0 Å². The molecule has 1 aromatic rings. The molecule has 1 aliphatic heterocycles. The van der Waals surface area contributed by atoms with Crippen molar-refractivity contribution in [1.29, 1.82) is 0 Å². The van der Waals surface area contributed by atoms with Crippen LogP contribution in [0.2, 0.25) is 5.02 Å². The summed E-state index contributed by atoms with van der Waals surface area (Å²) in [7, 11) is 0. The van der Waals surface area contributed by atoms with Gasteiger partial charge in [0.1, 0.15) is 11.4 Å². The molecule has 2 rings (SSSR count). The molecule has 146 valence electrons. The van der Waals surface area contributed by atoms with Crippen molar-refractivity contribution in [2.24, 2.45) is 0 Å². The zero-order valence-corrected chi connectivity index (χ0v) is 16.9. The van der Waals surface area contributed by atoms with E-state index in [9.17, 15) is 9.18 Å². The van der Waals surface area contributed by atoms with Gasteiger partial charge in [0.2, 0.25) is 0 Å². The van der Waals surface area contributed by atoms with E-state index in [1.807, 2.05) is 25.7 Å². The lowest BCUT2D eigenvalue weighted by molar-refractivity contribution is 0.0509. The van der Waals surface area contributed by atoms with Crippen LogP contribution in [0.4, 0.5) is 20.6 Å². The minimum atomic E-state index is -0.548. The summed E-state index contributed by atoms with van der Waals surface area (Å²) in [5.74, 6) is -0.359. The highest BCUT2D eigenvalue weighted by Gasteiger charge is 2.29. The molecule has 5 nitrogen and oxygen atoms in total. The third-order valence-corrected chi connectivity index (χ3v) is 4.69. The number of hydrogen-bond donors (Lipinski definition) is 2. The Morgan fingerprint density at radius 3 is 2.77 bits per heavy atom. The number of rotatable bonds is 5. The Hall–Kier alpha value is -1.69. The van der Waals surface area contributed by atoms with Crippen molar-refractivity contribution in [3.63, 3.8) is 0 Å². The Morgan fingerprint density at radius 1 is 1.46 bits per heavy atom. The Labute approximate surface area is 160 Å². The molecule has 1 aliphatic rings. The maximum atomic E-state index is 14.4. The standard InChI is InChI=1S/C19H29ClFN3O2/c1-6-12(2)22-15-8-7-14(21)17(16(15)20)24-10-9-13(11-24)23-18(25)26-19(3,4)5/h7-8,12-13,22H,6,9-11H2,1-5H3,(H,23,25). The van der Waals surface area contributed by atoms with E-state index in [1.54, 1.807) is 6.07 Å². The second-order valence-corrected chi connectivity index (χ2v) is 8.17. The van der Waals surface area contributed by atoms with Crippen LogP contribution in [-0.4, -0.2) is 36.9 Å². The summed E-state index contributed by atoms with van der Waals surface area (Å²) < 4.78 is 19.7. The molecule has 0 bridgehead atoms. The van der Waals surface area contributed by atoms with Gasteiger partial charge in [0.05, 0.1) is 22.4 Å². The molecule has 1 saturated heterocycles. The van der Waals surface area contributed by atoms with Crippen LogP contribution in [0.5, 0.6) is 0 Å². The summed E-state index contributed by atoms with van der Waals surface area (Å²) in [5.41, 5.74) is 0.558. The molecular weight excluding hydrogens is 357 g/mol. The molecule has 0 aliphatic carbocycles. The zero-order chi connectivity index (χ0) is 19.5. The average molecular weight is 386 g/mol. The Kier molecular flexibility index (Phi) is 6.61. The van der Waals surface area contributed by atoms with Gasteiger partial charge in [-0.3, -0.25) is 0 Å². The quantitative estimate of drug-likeness (QED) is 0.764. The zero-order valence-electron chi connectivity index (χ0n) is 16.2. The molecule has 7 heteroatoms. The van der Waals surface area contributed by atoms with Crippen molar-refractivity contribution in [2.45, 2.75) is 65.1 Å². The van der Waals surface area contributed by atoms with Crippen LogP contribution < -0.4 is 15.5 Å². The number of halogens is 2. The highest BCUT2D eigenvalue weighted by molar-refractivity contribution is 6.36. The van der Waals surface area contributed by atoms with Gasteiger partial charge in [0.25, 0.3) is 0 Å². The van der Waals surface area contributed by atoms with Crippen LogP contribution in [0.25, 0.3) is 0 Å². The van der Waals surface area contributed by atoms with Crippen LogP contribution in [0.3, 0.4) is 0 Å². The number of benzene rings is 1. The van der Waals surface area contributed by atoms with E-state index in [2.05, 4.69) is 24.5 Å². The molecule has 1 fully saturated rings. The van der Waals surface area contributed by atoms with E-state index in [4.69, 9.17) is 16.3 Å². The molecule has 2 N–H and O–H groups in total. The predicted octanol–water partition coefficient (Wildman–Crippen LogP) is 4.79. The highest BCUT2D eigenvalue weighted by atomic mass is 35.5. The van der Waals surface area contributed by atoms with Crippen LogP contribution in [-0.2, 0) is 4.74 Å². The largest absolute Gasteiger partial charge is 0.444 e. The minimum Gasteiger partial charge on any atom is -0.444 e. The first-order chi connectivity index (χ1) is 12.1. The number of anilines is 2. The molecule has 1 aromatic carbocycles. The second kappa shape index (κ2) is 8.33. The van der Waals surface area contributed by atoms with Gasteiger partial charge in [0, 0.05) is 19.1 Å². The second-order valence-electron chi connectivity index (χ2n) is 7.79. The lowest BCUT2D eigenvalue weighted by atomic mass is 10.2. The van der Waals surface area contributed by atoms with Gasteiger partial charge in [-0.2, -0.15) is 0 Å². The fourth-order valence-corrected chi connectivity index (χ4v) is 3.19. The van der Waals surface area contributed by atoms with Gasteiger partial charge >= 0.3 is 6.09 Å². The monoisotopic (exact) mass is 385 g/mol. The number of hydrogen-bond acceptors (Lipinski definition) is 4. The predicted molar refractivity (Wildman–Crippen MR) is 105 cm³/mol. The Balaban J connectivity index is 2.08. The Bertz CT molecular complexity index is 648. The first-order valence-electron chi connectivity index (χ1n) is 9.09. The topological polar surface area (TPSA) is 53.6 Å². The number of nitrogens with one attached hydrogen (secondary N) is 2. The smallest absolute Gasteiger partial charge is 0.407 e. The van der Waals surface area contributed by atoms with Crippen LogP contribution >= 0.6 is 11.6 Å². The van der Waals surface area contributed by atoms with Crippen molar-refractivity contribution in [1.82, 2.24) is 5.32 Å². The van der Waals surface area contributed by atoms with Gasteiger partial charge < -0.3 is 20.3 Å². The highest BCUT2D eigenvalue weighted by Crippen LogP contribution is 2.37. The fraction of sp³-hybridized carbons (Fsp3) is 0.632. The number of carbonyl (C=O) groups is 1. The average Bonchev–Trinajstić information content (AvgIpc) is 2.96. The number of alkyl carbamates (subject to hydrolysis) is 1. The van der Waals surface area contributed by atoms with Crippen LogP contribution in [0.15, 0.2) is 12.1 Å². The fourth-order valence-electron chi connectivity index (χ4n) is 2.87. The molecule has 0 saturated carbocycles. The maximum absolute atomic E-state index is 14.4. The summed E-state index contributed by atoms with van der Waals surface area (Å²) in [6.45, 7) is 10.7. The van der Waals surface area contributed by atoms with Crippen molar-refractivity contribution >= 4 is 29.1 Å². The molecule has 0 radical (unpaired) electrons. The van der Waals surface area contributed by atoms with E-state index in [1.165, 1.54) is 6.07 Å². The van der Waals surface area contributed by atoms with Gasteiger partial charge in [-0.15, -0.1) is 0 Å². The van der Waals surface area contributed by atoms with Gasteiger partial charge in [0.15, 0.2) is 0 Å². The number of amides is 1. The molecule has 26 heavy (non-hydrogen) atoms. The van der Waals surface area contributed by atoms with Crippen molar-refractivity contribution in [3.8, 4) is 0 Å². The summed E-state index contributed by atoms with van der Waals surface area (Å²) in [5, 5.41) is 6.53. The molecule has 2 unspecified atom stereocenters. The van der Waals surface area contributed by atoms with Crippen molar-refractivity contribution in [2.75, 3.05) is 23.3 Å². The molecule has 1 heterocycles. The number of nitrogens with zero attached hydrogens (tertiary/aromatic N) is 1. The molecule has 0 aromatic heterocycles. The number of carbonyl (C=O) groups excluding carboxylic acids is 1. The summed E-state index contributed by atoms with van der Waals surface area (Å²) >= 11 is 6.48. The van der Waals surface area contributed by atoms with Crippen LogP contribution in [0.1, 0.15) is 47.5 Å². The first kappa shape index (κ1) is 20.6. The summed E-state index contributed by atoms with van der Waals surface area (Å²) in [4.78, 5) is 13.8. The lowest BCUT2D eigenvalue weighted by Gasteiger charge is -2.24. The van der Waals surface area contributed by atoms with Gasteiger partial charge in [-0.1, -0.05) is 18.5 Å². The normalized spacial score (nSPS) is 18.6. The summed E-state index contributed by atoms with van der Waals surface area (Å²) in [6, 6.07) is 3.23. The van der Waals surface area contributed by atoms with Gasteiger partial charge in [-0.25, -0.2) is 9.18 Å². The Morgan fingerprint density at radius 2 is 2.15 bits per heavy atom. The molecule has 1 amide bonds. The first-order valence-corrected chi connectivity index (χ1v) is 9.47. The van der Waals surface area contributed by atoms with E-state index >= 15 is 0 Å². The third-order valence-electron chi connectivity index (χ3n) is 4.31.